The number of halogens is 1. The average molecular weight is 320 g/mol. The van der Waals surface area contributed by atoms with Gasteiger partial charge in [-0.25, -0.2) is 4.52 Å². The summed E-state index contributed by atoms with van der Waals surface area (Å²) >= 11 is 0. The number of nitrogen functional groups attached to an aromatic ring is 1. The summed E-state index contributed by atoms with van der Waals surface area (Å²) in [6.45, 7) is 1.95. The van der Waals surface area contributed by atoms with E-state index in [1.807, 2.05) is 22.7 Å². The topological polar surface area (TPSA) is 88.2 Å². The van der Waals surface area contributed by atoms with Gasteiger partial charge in [0.1, 0.15) is 5.65 Å². The molecule has 1 fully saturated rings. The molecule has 0 radical (unpaired) electrons. The summed E-state index contributed by atoms with van der Waals surface area (Å²) in [6, 6.07) is 7.31. The van der Waals surface area contributed by atoms with Crippen LogP contribution in [0.5, 0.6) is 0 Å². The van der Waals surface area contributed by atoms with Crippen LogP contribution in [0.15, 0.2) is 29.1 Å². The maximum Gasteiger partial charge on any atom is 0.251 e. The molecule has 0 unspecified atom stereocenters. The molecule has 1 saturated heterocycles. The Kier molecular flexibility index (Phi) is 3.80. The van der Waals surface area contributed by atoms with Gasteiger partial charge in [0.05, 0.1) is 16.6 Å². The number of nitrogens with two attached hydrogens (primary N) is 1. The molecular weight excluding hydrogens is 302 g/mol. The van der Waals surface area contributed by atoms with E-state index >= 15 is 0 Å². The van der Waals surface area contributed by atoms with Crippen molar-refractivity contribution in [3.05, 3.63) is 40.3 Å². The minimum atomic E-state index is -0.0962. The number of rotatable bonds is 1. The number of nitrogens with zero attached hydrogens (tertiary/aromatic N) is 2. The molecule has 22 heavy (non-hydrogen) atoms. The summed E-state index contributed by atoms with van der Waals surface area (Å²) in [6.07, 6.45) is 2.04. The van der Waals surface area contributed by atoms with Crippen LogP contribution in [0.1, 0.15) is 24.5 Å². The zero-order valence-electron chi connectivity index (χ0n) is 12.0. The van der Waals surface area contributed by atoms with Gasteiger partial charge >= 0.3 is 0 Å². The number of hydrogen-bond acceptors (Lipinski definition) is 4. The van der Waals surface area contributed by atoms with E-state index in [0.29, 0.717) is 17.3 Å². The number of piperidine rings is 1. The molecular formula is C15H18ClN5O. The fraction of sp³-hybridized carbons (Fsp3) is 0.333. The number of benzene rings is 1. The van der Waals surface area contributed by atoms with E-state index in [0.717, 1.165) is 42.5 Å². The van der Waals surface area contributed by atoms with Crippen molar-refractivity contribution >= 4 is 34.6 Å². The van der Waals surface area contributed by atoms with Gasteiger partial charge in [-0.3, -0.25) is 4.79 Å². The number of H-pyrrole nitrogens is 1. The van der Waals surface area contributed by atoms with E-state index < -0.39 is 0 Å². The van der Waals surface area contributed by atoms with Crippen molar-refractivity contribution < 1.29 is 0 Å². The third kappa shape index (κ3) is 2.24. The van der Waals surface area contributed by atoms with E-state index in [4.69, 9.17) is 5.73 Å². The quantitative estimate of drug-likeness (QED) is 0.595. The SMILES string of the molecule is Cl.Nc1cccc2nn3c(C4CCNCC4)cc(=O)[nH]c3c12. The molecule has 0 amide bonds. The normalized spacial score (nSPS) is 16.0. The fourth-order valence-corrected chi connectivity index (χ4v) is 3.22. The van der Waals surface area contributed by atoms with Crippen molar-refractivity contribution in [3.63, 3.8) is 0 Å². The van der Waals surface area contributed by atoms with Gasteiger partial charge in [-0.05, 0) is 38.1 Å². The maximum absolute atomic E-state index is 12.0. The predicted molar refractivity (Wildman–Crippen MR) is 89.8 cm³/mol. The molecule has 2 aromatic heterocycles. The third-order valence-electron chi connectivity index (χ3n) is 4.25. The molecule has 6 nitrogen and oxygen atoms in total. The predicted octanol–water partition coefficient (Wildman–Crippen LogP) is 1.65. The van der Waals surface area contributed by atoms with Crippen molar-refractivity contribution in [1.29, 1.82) is 0 Å². The van der Waals surface area contributed by atoms with Crippen molar-refractivity contribution in [1.82, 2.24) is 19.9 Å². The van der Waals surface area contributed by atoms with Gasteiger partial charge < -0.3 is 16.0 Å². The van der Waals surface area contributed by atoms with Gasteiger partial charge in [-0.2, -0.15) is 5.10 Å². The number of nitrogens with one attached hydrogen (secondary N) is 2. The van der Waals surface area contributed by atoms with E-state index in [9.17, 15) is 4.79 Å². The molecule has 1 aliphatic heterocycles. The molecule has 0 bridgehead atoms. The van der Waals surface area contributed by atoms with Gasteiger partial charge in [0.15, 0.2) is 0 Å². The summed E-state index contributed by atoms with van der Waals surface area (Å²) in [5.41, 5.74) is 9.09. The van der Waals surface area contributed by atoms with Gasteiger partial charge in [-0.15, -0.1) is 12.4 Å². The van der Waals surface area contributed by atoms with E-state index in [1.54, 1.807) is 6.07 Å². The zero-order chi connectivity index (χ0) is 14.4. The molecule has 116 valence electrons. The lowest BCUT2D eigenvalue weighted by atomic mass is 9.94. The first-order valence-electron chi connectivity index (χ1n) is 7.25. The van der Waals surface area contributed by atoms with Gasteiger partial charge in [0.25, 0.3) is 5.56 Å². The first-order chi connectivity index (χ1) is 10.2. The van der Waals surface area contributed by atoms with Crippen LogP contribution in [0.25, 0.3) is 16.6 Å². The van der Waals surface area contributed by atoms with Crippen LogP contribution in [0, 0.1) is 0 Å². The summed E-state index contributed by atoms with van der Waals surface area (Å²) in [5, 5.41) is 8.81. The van der Waals surface area contributed by atoms with E-state index in [2.05, 4.69) is 15.4 Å². The lowest BCUT2D eigenvalue weighted by Crippen LogP contribution is -2.28. The molecule has 1 aliphatic rings. The highest BCUT2D eigenvalue weighted by Gasteiger charge is 2.21. The van der Waals surface area contributed by atoms with Crippen molar-refractivity contribution in [2.75, 3.05) is 18.8 Å². The summed E-state index contributed by atoms with van der Waals surface area (Å²) in [4.78, 5) is 14.9. The Hall–Kier alpha value is -2.05. The fourth-order valence-electron chi connectivity index (χ4n) is 3.22. The Labute approximate surface area is 133 Å². The second kappa shape index (κ2) is 5.62. The zero-order valence-corrected chi connectivity index (χ0v) is 12.8. The second-order valence-electron chi connectivity index (χ2n) is 5.58. The Bertz CT molecular complexity index is 879. The summed E-state index contributed by atoms with van der Waals surface area (Å²) < 4.78 is 1.86. The van der Waals surface area contributed by atoms with Crippen LogP contribution in [0.4, 0.5) is 5.69 Å². The number of anilines is 1. The van der Waals surface area contributed by atoms with E-state index in [-0.39, 0.29) is 18.0 Å². The number of aromatic amines is 1. The first kappa shape index (κ1) is 14.9. The van der Waals surface area contributed by atoms with Gasteiger partial charge in [-0.1, -0.05) is 6.07 Å². The third-order valence-corrected chi connectivity index (χ3v) is 4.25. The van der Waals surface area contributed by atoms with Crippen LogP contribution < -0.4 is 16.6 Å². The van der Waals surface area contributed by atoms with Crippen LogP contribution >= 0.6 is 12.4 Å². The molecule has 7 heteroatoms. The highest BCUT2D eigenvalue weighted by molar-refractivity contribution is 6.01. The Morgan fingerprint density at radius 2 is 2.05 bits per heavy atom. The van der Waals surface area contributed by atoms with Crippen LogP contribution in [-0.4, -0.2) is 27.7 Å². The average Bonchev–Trinajstić information content (AvgIpc) is 2.87. The summed E-state index contributed by atoms with van der Waals surface area (Å²) in [5.74, 6) is 0.353. The van der Waals surface area contributed by atoms with Gasteiger partial charge in [0, 0.05) is 17.7 Å². The largest absolute Gasteiger partial charge is 0.398 e. The van der Waals surface area contributed by atoms with Crippen molar-refractivity contribution in [2.24, 2.45) is 0 Å². The van der Waals surface area contributed by atoms with Crippen LogP contribution in [-0.2, 0) is 0 Å². The highest BCUT2D eigenvalue weighted by Crippen LogP contribution is 2.28. The maximum atomic E-state index is 12.0. The summed E-state index contributed by atoms with van der Waals surface area (Å²) in [7, 11) is 0. The number of aromatic nitrogens is 3. The van der Waals surface area contributed by atoms with Gasteiger partial charge in [0.2, 0.25) is 0 Å². The smallest absolute Gasteiger partial charge is 0.251 e. The van der Waals surface area contributed by atoms with Crippen LogP contribution in [0.2, 0.25) is 0 Å². The molecule has 0 aliphatic carbocycles. The number of hydrogen-bond donors (Lipinski definition) is 3. The molecule has 0 spiro atoms. The molecule has 3 aromatic rings. The Morgan fingerprint density at radius 3 is 2.82 bits per heavy atom. The van der Waals surface area contributed by atoms with Crippen molar-refractivity contribution in [3.8, 4) is 0 Å². The molecule has 3 heterocycles. The molecule has 1 aromatic carbocycles. The lowest BCUT2D eigenvalue weighted by molar-refractivity contribution is 0.446. The number of fused-ring (bicyclic) bond motifs is 3. The van der Waals surface area contributed by atoms with Crippen molar-refractivity contribution in [2.45, 2.75) is 18.8 Å². The highest BCUT2D eigenvalue weighted by atomic mass is 35.5. The first-order valence-corrected chi connectivity index (χ1v) is 7.25. The monoisotopic (exact) mass is 319 g/mol. The lowest BCUT2D eigenvalue weighted by Gasteiger charge is -2.23. The molecule has 0 saturated carbocycles. The van der Waals surface area contributed by atoms with E-state index in [1.165, 1.54) is 0 Å². The molecule has 4 rings (SSSR count). The minimum absolute atomic E-state index is 0. The minimum Gasteiger partial charge on any atom is -0.398 e. The Balaban J connectivity index is 0.00000144. The second-order valence-corrected chi connectivity index (χ2v) is 5.58. The molecule has 4 N–H and O–H groups in total. The Morgan fingerprint density at radius 1 is 1.27 bits per heavy atom. The van der Waals surface area contributed by atoms with Crippen LogP contribution in [0.3, 0.4) is 0 Å². The standard InChI is InChI=1S/C15H17N5O.ClH/c16-10-2-1-3-11-14(10)15-18-13(21)8-12(20(15)19-11)9-4-6-17-7-5-9;/h1-3,8-9,17H,4-7,16H2,(H,18,21);1H. The molecule has 0 atom stereocenters.